The van der Waals surface area contributed by atoms with Gasteiger partial charge in [-0.05, 0) is 50.1 Å². The average Bonchev–Trinajstić information content (AvgIpc) is 2.54. The molecule has 0 fully saturated rings. The number of hydrogen-bond acceptors (Lipinski definition) is 2. The predicted molar refractivity (Wildman–Crippen MR) is 97.8 cm³/mol. The lowest BCUT2D eigenvalue weighted by molar-refractivity contribution is 0.0940. The molecule has 126 valence electrons. The average molecular weight is 345 g/mol. The molecule has 2 aromatic rings. The maximum atomic E-state index is 12.5. The van der Waals surface area contributed by atoms with Gasteiger partial charge in [0.15, 0.2) is 0 Å². The van der Waals surface area contributed by atoms with Crippen molar-refractivity contribution < 1.29 is 9.59 Å². The minimum Gasteiger partial charge on any atom is -0.350 e. The highest BCUT2D eigenvalue weighted by molar-refractivity contribution is 6.34. The van der Waals surface area contributed by atoms with E-state index in [1.807, 2.05) is 26.8 Å². The third kappa shape index (κ3) is 4.36. The van der Waals surface area contributed by atoms with E-state index < -0.39 is 0 Å². The molecule has 0 aliphatic heterocycles. The molecular weight excluding hydrogens is 324 g/mol. The fraction of sp³-hybridized carbons (Fsp3) is 0.263. The second-order valence-electron chi connectivity index (χ2n) is 5.77. The highest BCUT2D eigenvalue weighted by atomic mass is 35.5. The summed E-state index contributed by atoms with van der Waals surface area (Å²) in [5.41, 5.74) is 2.23. The van der Waals surface area contributed by atoms with Gasteiger partial charge in [0.2, 0.25) is 0 Å². The molecule has 4 nitrogen and oxygen atoms in total. The first kappa shape index (κ1) is 18.0. The normalized spacial score (nSPS) is 11.7. The van der Waals surface area contributed by atoms with E-state index in [4.69, 9.17) is 11.6 Å². The van der Waals surface area contributed by atoms with Crippen LogP contribution in [0.4, 0.5) is 5.69 Å². The smallest absolute Gasteiger partial charge is 0.257 e. The van der Waals surface area contributed by atoms with E-state index in [0.717, 1.165) is 12.0 Å². The Morgan fingerprint density at radius 3 is 2.46 bits per heavy atom. The molecule has 2 N–H and O–H groups in total. The van der Waals surface area contributed by atoms with Crippen molar-refractivity contribution in [1.29, 1.82) is 0 Å². The maximum absolute atomic E-state index is 12.5. The van der Waals surface area contributed by atoms with Crippen LogP contribution in [0.2, 0.25) is 5.02 Å². The minimum absolute atomic E-state index is 0.0628. The predicted octanol–water partition coefficient (Wildman–Crippen LogP) is 4.43. The number of amides is 2. The molecule has 0 saturated carbocycles. The standard InChI is InChI=1S/C19H21ClN2O2/c1-4-13(3)21-19(24)15-7-5-6-8-17(15)22-18(23)14-10-9-12(2)11-16(14)20/h5-11,13H,4H2,1-3H3,(H,21,24)(H,22,23)/t13-/m0/s1. The molecule has 2 amide bonds. The van der Waals surface area contributed by atoms with Crippen LogP contribution in [0.15, 0.2) is 42.5 Å². The molecule has 0 spiro atoms. The summed E-state index contributed by atoms with van der Waals surface area (Å²) >= 11 is 6.14. The highest BCUT2D eigenvalue weighted by Gasteiger charge is 2.16. The maximum Gasteiger partial charge on any atom is 0.257 e. The number of benzene rings is 2. The minimum atomic E-state index is -0.344. The Labute approximate surface area is 147 Å². The van der Waals surface area contributed by atoms with Crippen molar-refractivity contribution in [3.05, 3.63) is 64.2 Å². The number of carbonyl (C=O) groups is 2. The van der Waals surface area contributed by atoms with Crippen LogP contribution in [0.25, 0.3) is 0 Å². The molecule has 2 aromatic carbocycles. The Bertz CT molecular complexity index is 759. The van der Waals surface area contributed by atoms with Crippen LogP contribution in [-0.4, -0.2) is 17.9 Å². The van der Waals surface area contributed by atoms with E-state index in [-0.39, 0.29) is 17.9 Å². The molecule has 0 aliphatic carbocycles. The van der Waals surface area contributed by atoms with E-state index in [2.05, 4.69) is 10.6 Å². The summed E-state index contributed by atoms with van der Waals surface area (Å²) in [6.45, 7) is 5.84. The molecule has 1 atom stereocenters. The van der Waals surface area contributed by atoms with Crippen molar-refractivity contribution in [1.82, 2.24) is 5.32 Å². The SMILES string of the molecule is CC[C@H](C)NC(=O)c1ccccc1NC(=O)c1ccc(C)cc1Cl. The molecular formula is C19H21ClN2O2. The summed E-state index contributed by atoms with van der Waals surface area (Å²) in [4.78, 5) is 24.8. The van der Waals surface area contributed by atoms with Crippen molar-refractivity contribution in [3.63, 3.8) is 0 Å². The van der Waals surface area contributed by atoms with Gasteiger partial charge in [-0.25, -0.2) is 0 Å². The number of nitrogens with one attached hydrogen (secondary N) is 2. The van der Waals surface area contributed by atoms with Crippen LogP contribution in [0.1, 0.15) is 46.5 Å². The van der Waals surface area contributed by atoms with Crippen molar-refractivity contribution in [3.8, 4) is 0 Å². The molecule has 5 heteroatoms. The second-order valence-corrected chi connectivity index (χ2v) is 6.17. The molecule has 0 bridgehead atoms. The van der Waals surface area contributed by atoms with Crippen LogP contribution >= 0.6 is 11.6 Å². The van der Waals surface area contributed by atoms with Gasteiger partial charge in [-0.1, -0.05) is 36.7 Å². The van der Waals surface area contributed by atoms with Crippen LogP contribution in [0.5, 0.6) is 0 Å². The molecule has 0 unspecified atom stereocenters. The molecule has 2 rings (SSSR count). The van der Waals surface area contributed by atoms with Gasteiger partial charge in [0.1, 0.15) is 0 Å². The summed E-state index contributed by atoms with van der Waals surface area (Å²) in [5.74, 6) is -0.556. The van der Waals surface area contributed by atoms with Crippen LogP contribution in [-0.2, 0) is 0 Å². The largest absolute Gasteiger partial charge is 0.350 e. The number of rotatable bonds is 5. The fourth-order valence-corrected chi connectivity index (χ4v) is 2.51. The first-order valence-electron chi connectivity index (χ1n) is 7.89. The van der Waals surface area contributed by atoms with Gasteiger partial charge in [-0.15, -0.1) is 0 Å². The summed E-state index contributed by atoms with van der Waals surface area (Å²) in [5, 5.41) is 6.06. The first-order chi connectivity index (χ1) is 11.4. The van der Waals surface area contributed by atoms with Gasteiger partial charge >= 0.3 is 0 Å². The summed E-state index contributed by atoms with van der Waals surface area (Å²) in [6.07, 6.45) is 0.833. The Morgan fingerprint density at radius 2 is 1.79 bits per heavy atom. The highest BCUT2D eigenvalue weighted by Crippen LogP contribution is 2.21. The van der Waals surface area contributed by atoms with Crippen LogP contribution < -0.4 is 10.6 Å². The van der Waals surface area contributed by atoms with Gasteiger partial charge in [0, 0.05) is 6.04 Å². The molecule has 0 aromatic heterocycles. The van der Waals surface area contributed by atoms with Crippen molar-refractivity contribution in [2.24, 2.45) is 0 Å². The quantitative estimate of drug-likeness (QED) is 0.843. The fourth-order valence-electron chi connectivity index (χ4n) is 2.19. The third-order valence-corrected chi connectivity index (χ3v) is 4.09. The Balaban J connectivity index is 2.23. The molecule has 0 aliphatic rings. The lowest BCUT2D eigenvalue weighted by Gasteiger charge is -2.15. The van der Waals surface area contributed by atoms with Crippen molar-refractivity contribution >= 4 is 29.1 Å². The number of halogens is 1. The number of carbonyl (C=O) groups excluding carboxylic acids is 2. The molecule has 0 saturated heterocycles. The second kappa shape index (κ2) is 7.97. The zero-order valence-electron chi connectivity index (χ0n) is 14.0. The monoisotopic (exact) mass is 344 g/mol. The molecule has 24 heavy (non-hydrogen) atoms. The van der Waals surface area contributed by atoms with Gasteiger partial charge in [0.25, 0.3) is 11.8 Å². The van der Waals surface area contributed by atoms with Crippen LogP contribution in [0, 0.1) is 6.92 Å². The van der Waals surface area contributed by atoms with E-state index in [9.17, 15) is 9.59 Å². The number of anilines is 1. The van der Waals surface area contributed by atoms with Gasteiger partial charge < -0.3 is 10.6 Å². The molecule has 0 heterocycles. The van der Waals surface area contributed by atoms with E-state index in [0.29, 0.717) is 21.8 Å². The Kier molecular flexibility index (Phi) is 5.99. The number of hydrogen-bond donors (Lipinski definition) is 2. The zero-order valence-corrected chi connectivity index (χ0v) is 14.8. The topological polar surface area (TPSA) is 58.2 Å². The summed E-state index contributed by atoms with van der Waals surface area (Å²) < 4.78 is 0. The number of para-hydroxylation sites is 1. The first-order valence-corrected chi connectivity index (χ1v) is 8.27. The Hall–Kier alpha value is -2.33. The third-order valence-electron chi connectivity index (χ3n) is 3.78. The summed E-state index contributed by atoms with van der Waals surface area (Å²) in [6, 6.07) is 12.2. The van der Waals surface area contributed by atoms with Gasteiger partial charge in [0.05, 0.1) is 21.8 Å². The van der Waals surface area contributed by atoms with Crippen molar-refractivity contribution in [2.45, 2.75) is 33.2 Å². The van der Waals surface area contributed by atoms with Gasteiger partial charge in [-0.2, -0.15) is 0 Å². The number of aryl methyl sites for hydroxylation is 1. The van der Waals surface area contributed by atoms with Crippen LogP contribution in [0.3, 0.4) is 0 Å². The van der Waals surface area contributed by atoms with E-state index in [1.165, 1.54) is 0 Å². The van der Waals surface area contributed by atoms with E-state index >= 15 is 0 Å². The van der Waals surface area contributed by atoms with Crippen molar-refractivity contribution in [2.75, 3.05) is 5.32 Å². The van der Waals surface area contributed by atoms with Gasteiger partial charge in [-0.3, -0.25) is 9.59 Å². The lowest BCUT2D eigenvalue weighted by atomic mass is 10.1. The lowest BCUT2D eigenvalue weighted by Crippen LogP contribution is -2.32. The molecule has 0 radical (unpaired) electrons. The zero-order chi connectivity index (χ0) is 17.7. The Morgan fingerprint density at radius 1 is 1.08 bits per heavy atom. The summed E-state index contributed by atoms with van der Waals surface area (Å²) in [7, 11) is 0. The van der Waals surface area contributed by atoms with E-state index in [1.54, 1.807) is 36.4 Å².